The maximum absolute atomic E-state index is 12.0. The molecule has 0 N–H and O–H groups in total. The number of carbonyl (C=O) groups is 1. The second kappa shape index (κ2) is 9.02. The third-order valence-corrected chi connectivity index (χ3v) is 5.02. The number of Topliss-reactive ketones (excluding diaryl/α,β-unsaturated/α-hetero) is 1. The van der Waals surface area contributed by atoms with Crippen molar-refractivity contribution in [3.63, 3.8) is 0 Å². The van der Waals surface area contributed by atoms with Gasteiger partial charge in [0.25, 0.3) is 0 Å². The minimum Gasteiger partial charge on any atom is -0.299 e. The zero-order chi connectivity index (χ0) is 15.2. The molecule has 0 spiro atoms. The molecule has 2 aromatic rings. The summed E-state index contributed by atoms with van der Waals surface area (Å²) in [5.74, 6) is 0.272. The molecule has 3 rings (SSSR count). The molecule has 0 unspecified atom stereocenters. The van der Waals surface area contributed by atoms with Crippen molar-refractivity contribution in [1.82, 2.24) is 4.90 Å². The van der Waals surface area contributed by atoms with Gasteiger partial charge in [-0.3, -0.25) is 9.69 Å². The van der Waals surface area contributed by atoms with E-state index in [2.05, 4.69) is 41.3 Å². The fraction of sp³-hybridized carbons (Fsp3) is 0.316. The van der Waals surface area contributed by atoms with E-state index in [0.717, 1.165) is 37.4 Å². The highest BCUT2D eigenvalue weighted by molar-refractivity contribution is 7.12. The van der Waals surface area contributed by atoms with Gasteiger partial charge >= 0.3 is 0 Å². The highest BCUT2D eigenvalue weighted by Gasteiger charge is 2.14. The minimum atomic E-state index is 0. The van der Waals surface area contributed by atoms with Gasteiger partial charge in [-0.15, -0.1) is 23.7 Å². The quantitative estimate of drug-likeness (QED) is 0.561. The maximum Gasteiger partial charge on any atom is 0.174 e. The molecule has 1 aliphatic rings. The van der Waals surface area contributed by atoms with Gasteiger partial charge in [-0.05, 0) is 29.9 Å². The number of halogens is 1. The average Bonchev–Trinajstić information content (AvgIpc) is 3.09. The first-order valence-corrected chi connectivity index (χ1v) is 8.70. The van der Waals surface area contributed by atoms with Crippen molar-refractivity contribution in [2.75, 3.05) is 19.6 Å². The predicted octanol–water partition coefficient (Wildman–Crippen LogP) is 4.62. The summed E-state index contributed by atoms with van der Waals surface area (Å²) in [6, 6.07) is 14.5. The van der Waals surface area contributed by atoms with Crippen LogP contribution in [-0.2, 0) is 6.42 Å². The van der Waals surface area contributed by atoms with Crippen LogP contribution in [0.5, 0.6) is 0 Å². The van der Waals surface area contributed by atoms with E-state index in [4.69, 9.17) is 0 Å². The van der Waals surface area contributed by atoms with E-state index >= 15 is 0 Å². The molecule has 4 heteroatoms. The van der Waals surface area contributed by atoms with Crippen molar-refractivity contribution in [2.45, 2.75) is 19.3 Å². The summed E-state index contributed by atoms with van der Waals surface area (Å²) < 4.78 is 0. The third-order valence-electron chi connectivity index (χ3n) is 4.11. The van der Waals surface area contributed by atoms with Crippen LogP contribution in [0.1, 0.15) is 28.1 Å². The van der Waals surface area contributed by atoms with Crippen LogP contribution in [0, 0.1) is 0 Å². The van der Waals surface area contributed by atoms with E-state index in [0.29, 0.717) is 6.42 Å². The standard InChI is InChI=1S/C19H21NOS.ClH/c21-18(19-7-4-14-22-19)10-13-20-11-8-17(9-12-20)15-16-5-2-1-3-6-16;/h1-8,14H,9-13,15H2;1H. The molecule has 23 heavy (non-hydrogen) atoms. The Bertz CT molecular complexity index is 637. The van der Waals surface area contributed by atoms with Crippen molar-refractivity contribution in [3.8, 4) is 0 Å². The molecular formula is C19H22ClNOS. The molecule has 0 radical (unpaired) electrons. The van der Waals surface area contributed by atoms with Crippen LogP contribution in [0.15, 0.2) is 59.5 Å². The van der Waals surface area contributed by atoms with Crippen LogP contribution in [-0.4, -0.2) is 30.3 Å². The zero-order valence-electron chi connectivity index (χ0n) is 13.1. The predicted molar refractivity (Wildman–Crippen MR) is 99.8 cm³/mol. The monoisotopic (exact) mass is 347 g/mol. The van der Waals surface area contributed by atoms with Gasteiger partial charge in [0.05, 0.1) is 4.88 Å². The Labute approximate surface area is 148 Å². The molecule has 0 bridgehead atoms. The summed E-state index contributed by atoms with van der Waals surface area (Å²) in [6.07, 6.45) is 5.14. The average molecular weight is 348 g/mol. The van der Waals surface area contributed by atoms with Crippen molar-refractivity contribution < 1.29 is 4.79 Å². The largest absolute Gasteiger partial charge is 0.299 e. The van der Waals surface area contributed by atoms with Crippen molar-refractivity contribution in [2.24, 2.45) is 0 Å². The molecule has 0 amide bonds. The van der Waals surface area contributed by atoms with E-state index in [1.165, 1.54) is 22.5 Å². The Morgan fingerprint density at radius 2 is 1.96 bits per heavy atom. The maximum atomic E-state index is 12.0. The lowest BCUT2D eigenvalue weighted by Crippen LogP contribution is -2.31. The van der Waals surface area contributed by atoms with Crippen LogP contribution in [0.4, 0.5) is 0 Å². The second-order valence-electron chi connectivity index (χ2n) is 5.73. The molecule has 1 aromatic heterocycles. The van der Waals surface area contributed by atoms with Gasteiger partial charge < -0.3 is 0 Å². The molecule has 0 saturated carbocycles. The Kier molecular flexibility index (Phi) is 7.03. The van der Waals surface area contributed by atoms with Crippen LogP contribution in [0.3, 0.4) is 0 Å². The summed E-state index contributed by atoms with van der Waals surface area (Å²) in [4.78, 5) is 15.3. The highest BCUT2D eigenvalue weighted by atomic mass is 35.5. The van der Waals surface area contributed by atoms with Crippen LogP contribution in [0.2, 0.25) is 0 Å². The lowest BCUT2D eigenvalue weighted by atomic mass is 9.99. The van der Waals surface area contributed by atoms with Gasteiger partial charge in [-0.25, -0.2) is 0 Å². The van der Waals surface area contributed by atoms with Crippen LogP contribution in [0.25, 0.3) is 0 Å². The van der Waals surface area contributed by atoms with Crippen LogP contribution >= 0.6 is 23.7 Å². The lowest BCUT2D eigenvalue weighted by molar-refractivity contribution is 0.0970. The van der Waals surface area contributed by atoms with Crippen molar-refractivity contribution in [3.05, 3.63) is 69.9 Å². The Morgan fingerprint density at radius 3 is 2.61 bits per heavy atom. The van der Waals surface area contributed by atoms with E-state index in [-0.39, 0.29) is 18.2 Å². The number of nitrogens with zero attached hydrogens (tertiary/aromatic N) is 1. The van der Waals surface area contributed by atoms with Gasteiger partial charge in [0.15, 0.2) is 5.78 Å². The Morgan fingerprint density at radius 1 is 1.13 bits per heavy atom. The minimum absolute atomic E-state index is 0. The molecule has 0 saturated heterocycles. The Balaban J connectivity index is 0.00000192. The fourth-order valence-corrected chi connectivity index (χ4v) is 3.49. The number of carbonyl (C=O) groups excluding carboxylic acids is 1. The first-order chi connectivity index (χ1) is 10.8. The zero-order valence-corrected chi connectivity index (χ0v) is 14.7. The van der Waals surface area contributed by atoms with Crippen LogP contribution < -0.4 is 0 Å². The summed E-state index contributed by atoms with van der Waals surface area (Å²) in [5.41, 5.74) is 2.90. The van der Waals surface area contributed by atoms with E-state index in [1.807, 2.05) is 17.5 Å². The number of ketones is 1. The van der Waals surface area contributed by atoms with Gasteiger partial charge in [0.2, 0.25) is 0 Å². The fourth-order valence-electron chi connectivity index (χ4n) is 2.80. The topological polar surface area (TPSA) is 20.3 Å². The molecule has 2 heterocycles. The summed E-state index contributed by atoms with van der Waals surface area (Å²) >= 11 is 1.54. The molecule has 1 aliphatic heterocycles. The van der Waals surface area contributed by atoms with E-state index in [9.17, 15) is 4.79 Å². The molecule has 1 aromatic carbocycles. The van der Waals surface area contributed by atoms with Gasteiger partial charge in [0.1, 0.15) is 0 Å². The summed E-state index contributed by atoms with van der Waals surface area (Å²) in [7, 11) is 0. The highest BCUT2D eigenvalue weighted by Crippen LogP contribution is 2.17. The van der Waals surface area contributed by atoms with E-state index in [1.54, 1.807) is 0 Å². The SMILES string of the molecule is Cl.O=C(CCN1CC=C(Cc2ccccc2)CC1)c1cccs1. The summed E-state index contributed by atoms with van der Waals surface area (Å²) in [5, 5.41) is 1.97. The molecule has 2 nitrogen and oxygen atoms in total. The first-order valence-electron chi connectivity index (χ1n) is 7.82. The van der Waals surface area contributed by atoms with Crippen molar-refractivity contribution in [1.29, 1.82) is 0 Å². The second-order valence-corrected chi connectivity index (χ2v) is 6.67. The normalized spacial score (nSPS) is 14.9. The van der Waals surface area contributed by atoms with Gasteiger partial charge in [0, 0.05) is 26.1 Å². The number of thiophene rings is 1. The van der Waals surface area contributed by atoms with Crippen molar-refractivity contribution >= 4 is 29.5 Å². The lowest BCUT2D eigenvalue weighted by Gasteiger charge is -2.26. The van der Waals surface area contributed by atoms with E-state index < -0.39 is 0 Å². The molecule has 0 fully saturated rings. The molecule has 0 atom stereocenters. The smallest absolute Gasteiger partial charge is 0.174 e. The molecular weight excluding hydrogens is 326 g/mol. The molecule has 122 valence electrons. The molecule has 0 aliphatic carbocycles. The number of benzene rings is 1. The van der Waals surface area contributed by atoms with Gasteiger partial charge in [-0.1, -0.05) is 48.0 Å². The number of rotatable bonds is 6. The first kappa shape index (κ1) is 17.9. The third kappa shape index (κ3) is 5.31. The Hall–Kier alpha value is -1.42. The number of hydrogen-bond donors (Lipinski definition) is 0. The summed E-state index contributed by atoms with van der Waals surface area (Å²) in [6.45, 7) is 2.90. The number of hydrogen-bond acceptors (Lipinski definition) is 3. The van der Waals surface area contributed by atoms with Gasteiger partial charge in [-0.2, -0.15) is 0 Å².